The van der Waals surface area contributed by atoms with Crippen molar-refractivity contribution in [3.05, 3.63) is 17.7 Å². The summed E-state index contributed by atoms with van der Waals surface area (Å²) in [6.07, 6.45) is 7.78. The Hall–Kier alpha value is -1.71. The van der Waals surface area contributed by atoms with Gasteiger partial charge in [-0.1, -0.05) is 0 Å². The molecule has 0 heterocycles. The van der Waals surface area contributed by atoms with Crippen molar-refractivity contribution in [1.82, 2.24) is 0 Å². The molecule has 1 amide bonds. The second-order valence-corrected chi connectivity index (χ2v) is 7.87. The van der Waals surface area contributed by atoms with Gasteiger partial charge in [-0.25, -0.2) is 0 Å². The molecule has 5 rings (SSSR count). The quantitative estimate of drug-likeness (QED) is 0.733. The van der Waals surface area contributed by atoms with E-state index in [0.717, 1.165) is 29.0 Å². The van der Waals surface area contributed by atoms with E-state index in [2.05, 4.69) is 5.32 Å². The summed E-state index contributed by atoms with van der Waals surface area (Å²) in [6.45, 7) is 1.55. The molecular formula is C18H25N3O. The Labute approximate surface area is 131 Å². The first-order valence-electron chi connectivity index (χ1n) is 8.43. The van der Waals surface area contributed by atoms with Gasteiger partial charge in [-0.05, 0) is 68.4 Å². The Morgan fingerprint density at radius 3 is 2.14 bits per heavy atom. The summed E-state index contributed by atoms with van der Waals surface area (Å²) in [5, 5.41) is 2.99. The Balaban J connectivity index is 1.84. The molecule has 4 saturated carbocycles. The maximum Gasteiger partial charge on any atom is 0.221 e. The molecule has 0 unspecified atom stereocenters. The van der Waals surface area contributed by atoms with Crippen LogP contribution in [0.2, 0.25) is 0 Å². The first-order valence-corrected chi connectivity index (χ1v) is 8.43. The number of nitrogen functional groups attached to an aromatic ring is 2. The first kappa shape index (κ1) is 13.9. The predicted molar refractivity (Wildman–Crippen MR) is 89.4 cm³/mol. The summed E-state index contributed by atoms with van der Waals surface area (Å²) in [5.74, 6) is 2.45. The summed E-state index contributed by atoms with van der Waals surface area (Å²) in [4.78, 5) is 11.6. The molecule has 1 aromatic rings. The second-order valence-electron chi connectivity index (χ2n) is 7.87. The van der Waals surface area contributed by atoms with Gasteiger partial charge in [0.15, 0.2) is 0 Å². The average molecular weight is 299 g/mol. The number of anilines is 3. The Bertz CT molecular complexity index is 602. The van der Waals surface area contributed by atoms with Gasteiger partial charge in [-0.15, -0.1) is 0 Å². The topological polar surface area (TPSA) is 81.1 Å². The van der Waals surface area contributed by atoms with Gasteiger partial charge in [0, 0.05) is 23.6 Å². The van der Waals surface area contributed by atoms with E-state index in [1.54, 1.807) is 6.92 Å². The number of nitrogens with one attached hydrogen (secondary N) is 1. The van der Waals surface area contributed by atoms with Crippen LogP contribution in [-0.2, 0) is 10.2 Å². The summed E-state index contributed by atoms with van der Waals surface area (Å²) in [5.41, 5.74) is 16.0. The Kier molecular flexibility index (Phi) is 2.94. The smallest absolute Gasteiger partial charge is 0.221 e. The van der Waals surface area contributed by atoms with E-state index in [-0.39, 0.29) is 11.3 Å². The number of hydrogen-bond acceptors (Lipinski definition) is 3. The molecule has 0 spiro atoms. The highest BCUT2D eigenvalue weighted by atomic mass is 16.1. The average Bonchev–Trinajstić information content (AvgIpc) is 2.40. The first-order chi connectivity index (χ1) is 10.5. The standard InChI is InChI=1S/C18H25N3O/c1-10(22)21-15-3-2-14(19)17(20)16(15)18-7-11-4-12(8-18)6-13(5-11)9-18/h2-3,11-13H,4-9,19-20H2,1H3,(H,21,22). The molecule has 22 heavy (non-hydrogen) atoms. The van der Waals surface area contributed by atoms with Gasteiger partial charge in [0.25, 0.3) is 0 Å². The number of hydrogen-bond donors (Lipinski definition) is 3. The zero-order chi connectivity index (χ0) is 15.5. The zero-order valence-electron chi connectivity index (χ0n) is 13.2. The molecule has 0 aliphatic heterocycles. The molecule has 4 nitrogen and oxygen atoms in total. The monoisotopic (exact) mass is 299 g/mol. The van der Waals surface area contributed by atoms with Crippen LogP contribution >= 0.6 is 0 Å². The van der Waals surface area contributed by atoms with Crippen molar-refractivity contribution in [3.8, 4) is 0 Å². The van der Waals surface area contributed by atoms with Crippen LogP contribution in [0.15, 0.2) is 12.1 Å². The van der Waals surface area contributed by atoms with E-state index in [9.17, 15) is 4.79 Å². The highest BCUT2D eigenvalue weighted by Gasteiger charge is 2.53. The second kappa shape index (κ2) is 4.64. The summed E-state index contributed by atoms with van der Waals surface area (Å²) < 4.78 is 0. The van der Waals surface area contributed by atoms with Gasteiger partial charge >= 0.3 is 0 Å². The predicted octanol–water partition coefficient (Wildman–Crippen LogP) is 3.28. The lowest BCUT2D eigenvalue weighted by Crippen LogP contribution is -2.49. The molecule has 4 bridgehead atoms. The van der Waals surface area contributed by atoms with Gasteiger partial charge < -0.3 is 16.8 Å². The third-order valence-corrected chi connectivity index (χ3v) is 6.16. The third-order valence-electron chi connectivity index (χ3n) is 6.16. The van der Waals surface area contributed by atoms with Gasteiger partial charge in [0.05, 0.1) is 11.4 Å². The van der Waals surface area contributed by atoms with E-state index in [1.165, 1.54) is 38.5 Å². The third kappa shape index (κ3) is 2.00. The van der Waals surface area contributed by atoms with E-state index in [4.69, 9.17) is 11.5 Å². The number of carbonyl (C=O) groups excluding carboxylic acids is 1. The van der Waals surface area contributed by atoms with Crippen molar-refractivity contribution in [2.45, 2.75) is 50.9 Å². The molecule has 0 atom stereocenters. The Morgan fingerprint density at radius 2 is 1.64 bits per heavy atom. The highest BCUT2D eigenvalue weighted by molar-refractivity contribution is 5.92. The molecule has 0 aromatic heterocycles. The number of carbonyl (C=O) groups is 1. The van der Waals surface area contributed by atoms with Gasteiger partial charge in [-0.3, -0.25) is 4.79 Å². The van der Waals surface area contributed by atoms with Crippen molar-refractivity contribution >= 4 is 23.0 Å². The summed E-state index contributed by atoms with van der Waals surface area (Å²) >= 11 is 0. The van der Waals surface area contributed by atoms with Crippen LogP contribution in [0.4, 0.5) is 17.1 Å². The largest absolute Gasteiger partial charge is 0.397 e. The SMILES string of the molecule is CC(=O)Nc1ccc(N)c(N)c1C12CC3CC(CC(C3)C1)C2. The van der Waals surface area contributed by atoms with Crippen LogP contribution in [0.3, 0.4) is 0 Å². The number of rotatable bonds is 2. The molecule has 0 saturated heterocycles. The fourth-order valence-electron chi connectivity index (χ4n) is 5.92. The zero-order valence-corrected chi connectivity index (χ0v) is 13.2. The lowest BCUT2D eigenvalue weighted by Gasteiger charge is -2.57. The fourth-order valence-corrected chi connectivity index (χ4v) is 5.92. The van der Waals surface area contributed by atoms with Crippen LogP contribution in [-0.4, -0.2) is 5.91 Å². The van der Waals surface area contributed by atoms with Crippen LogP contribution < -0.4 is 16.8 Å². The molecule has 1 aromatic carbocycles. The molecule has 4 heteroatoms. The Morgan fingerprint density at radius 1 is 1.09 bits per heavy atom. The van der Waals surface area contributed by atoms with E-state index >= 15 is 0 Å². The molecule has 4 fully saturated rings. The maximum atomic E-state index is 11.6. The molecule has 4 aliphatic carbocycles. The lowest BCUT2D eigenvalue weighted by molar-refractivity contribution is -0.114. The molecule has 0 radical (unpaired) electrons. The molecule has 118 valence electrons. The van der Waals surface area contributed by atoms with Gasteiger partial charge in [-0.2, -0.15) is 0 Å². The number of amides is 1. The fraction of sp³-hybridized carbons (Fsp3) is 0.611. The van der Waals surface area contributed by atoms with Crippen LogP contribution in [0.1, 0.15) is 51.0 Å². The maximum absolute atomic E-state index is 11.6. The number of nitrogens with two attached hydrogens (primary N) is 2. The normalized spacial score (nSPS) is 35.6. The number of benzene rings is 1. The van der Waals surface area contributed by atoms with Gasteiger partial charge in [0.1, 0.15) is 0 Å². The van der Waals surface area contributed by atoms with Crippen molar-refractivity contribution in [1.29, 1.82) is 0 Å². The van der Waals surface area contributed by atoms with Crippen LogP contribution in [0.5, 0.6) is 0 Å². The molecular weight excluding hydrogens is 274 g/mol. The minimum absolute atomic E-state index is 0.0462. The minimum atomic E-state index is -0.0462. The van der Waals surface area contributed by atoms with E-state index < -0.39 is 0 Å². The summed E-state index contributed by atoms with van der Waals surface area (Å²) in [6, 6.07) is 3.74. The van der Waals surface area contributed by atoms with E-state index in [1.807, 2.05) is 12.1 Å². The molecule has 4 aliphatic rings. The van der Waals surface area contributed by atoms with Crippen LogP contribution in [0.25, 0.3) is 0 Å². The van der Waals surface area contributed by atoms with Crippen molar-refractivity contribution in [2.75, 3.05) is 16.8 Å². The van der Waals surface area contributed by atoms with E-state index in [0.29, 0.717) is 11.4 Å². The molecule has 5 N–H and O–H groups in total. The van der Waals surface area contributed by atoms with Crippen molar-refractivity contribution < 1.29 is 4.79 Å². The van der Waals surface area contributed by atoms with Crippen molar-refractivity contribution in [3.63, 3.8) is 0 Å². The van der Waals surface area contributed by atoms with Gasteiger partial charge in [0.2, 0.25) is 5.91 Å². The van der Waals surface area contributed by atoms with Crippen LogP contribution in [0, 0.1) is 17.8 Å². The minimum Gasteiger partial charge on any atom is -0.397 e. The highest BCUT2D eigenvalue weighted by Crippen LogP contribution is 2.62. The van der Waals surface area contributed by atoms with Crippen molar-refractivity contribution in [2.24, 2.45) is 17.8 Å². The lowest BCUT2D eigenvalue weighted by atomic mass is 9.47. The summed E-state index contributed by atoms with van der Waals surface area (Å²) in [7, 11) is 0.